The molecule has 2 rings (SSSR count). The number of aromatic nitrogens is 2. The van der Waals surface area contributed by atoms with Gasteiger partial charge in [0.1, 0.15) is 0 Å². The molecule has 0 amide bonds. The van der Waals surface area contributed by atoms with Gasteiger partial charge >= 0.3 is 0 Å². The minimum absolute atomic E-state index is 0.605. The van der Waals surface area contributed by atoms with Crippen LogP contribution in [0.15, 0.2) is 12.4 Å². The van der Waals surface area contributed by atoms with Crippen molar-refractivity contribution in [3.63, 3.8) is 0 Å². The average molecular weight is 214 g/mol. The molecule has 0 radical (unpaired) electrons. The van der Waals surface area contributed by atoms with Crippen LogP contribution < -0.4 is 5.32 Å². The number of rotatable bonds is 3. The summed E-state index contributed by atoms with van der Waals surface area (Å²) in [5, 5.41) is 4.03. The first kappa shape index (κ1) is 9.99. The van der Waals surface area contributed by atoms with Crippen LogP contribution in [0.2, 0.25) is 5.28 Å². The number of nitrogens with zero attached hydrogens (tertiary/aromatic N) is 2. The first-order valence-electron chi connectivity index (χ1n) is 5.23. The maximum atomic E-state index is 5.89. The van der Waals surface area contributed by atoms with Crippen LogP contribution >= 0.6 is 11.6 Å². The summed E-state index contributed by atoms with van der Waals surface area (Å²) in [5.41, 5.74) is 0. The van der Waals surface area contributed by atoms with Crippen LogP contribution in [0.4, 0.5) is 0 Å². The normalized spacial score (nSPS) is 22.5. The van der Waals surface area contributed by atoms with Crippen molar-refractivity contribution in [3.05, 3.63) is 17.7 Å². The van der Waals surface area contributed by atoms with Crippen molar-refractivity contribution in [1.82, 2.24) is 14.9 Å². The number of aryl methyl sites for hydroxylation is 1. The monoisotopic (exact) mass is 213 g/mol. The molecule has 0 aliphatic carbocycles. The quantitative estimate of drug-likeness (QED) is 0.832. The molecule has 78 valence electrons. The molecule has 0 bridgehead atoms. The lowest BCUT2D eigenvalue weighted by molar-refractivity contribution is 0.342. The number of imidazole rings is 1. The predicted molar refractivity (Wildman–Crippen MR) is 57.4 cm³/mol. The van der Waals surface area contributed by atoms with E-state index in [0.717, 1.165) is 19.0 Å². The summed E-state index contributed by atoms with van der Waals surface area (Å²) in [4.78, 5) is 3.99. The Labute approximate surface area is 89.5 Å². The summed E-state index contributed by atoms with van der Waals surface area (Å²) < 4.78 is 2.01. The Morgan fingerprint density at radius 1 is 1.64 bits per heavy atom. The molecule has 1 aromatic heterocycles. The molecule has 1 aromatic rings. The molecule has 1 aliphatic rings. The molecule has 0 aromatic carbocycles. The fourth-order valence-electron chi connectivity index (χ4n) is 1.97. The van der Waals surface area contributed by atoms with E-state index >= 15 is 0 Å². The highest BCUT2D eigenvalue weighted by molar-refractivity contribution is 6.28. The van der Waals surface area contributed by atoms with Gasteiger partial charge in [-0.1, -0.05) is 0 Å². The van der Waals surface area contributed by atoms with E-state index in [1.54, 1.807) is 6.20 Å². The summed E-state index contributed by atoms with van der Waals surface area (Å²) in [6, 6.07) is 0. The van der Waals surface area contributed by atoms with E-state index in [2.05, 4.69) is 10.3 Å². The Morgan fingerprint density at radius 2 is 2.57 bits per heavy atom. The lowest BCUT2D eigenvalue weighted by Gasteiger charge is -2.22. The summed E-state index contributed by atoms with van der Waals surface area (Å²) in [6.07, 6.45) is 7.55. The molecule has 3 nitrogen and oxygen atoms in total. The van der Waals surface area contributed by atoms with Crippen LogP contribution in [0.5, 0.6) is 0 Å². The Kier molecular flexibility index (Phi) is 3.43. The second-order valence-corrected chi connectivity index (χ2v) is 4.23. The molecular formula is C10H16ClN3. The minimum atomic E-state index is 0.605. The molecule has 2 heterocycles. The standard InChI is InChI=1S/C10H16ClN3/c11-10-13-5-7-14(10)6-3-9-2-1-4-12-8-9/h5,7,9,12H,1-4,6,8H2. The van der Waals surface area contributed by atoms with E-state index in [9.17, 15) is 0 Å². The fourth-order valence-corrected chi connectivity index (χ4v) is 2.17. The van der Waals surface area contributed by atoms with Gasteiger partial charge < -0.3 is 9.88 Å². The lowest BCUT2D eigenvalue weighted by Crippen LogP contribution is -2.30. The van der Waals surface area contributed by atoms with Gasteiger partial charge in [-0.25, -0.2) is 4.98 Å². The average Bonchev–Trinajstić information content (AvgIpc) is 2.63. The zero-order chi connectivity index (χ0) is 9.80. The second-order valence-electron chi connectivity index (χ2n) is 3.89. The highest BCUT2D eigenvalue weighted by Crippen LogP contribution is 2.16. The summed E-state index contributed by atoms with van der Waals surface area (Å²) in [5.74, 6) is 0.808. The Bertz CT molecular complexity index is 279. The maximum Gasteiger partial charge on any atom is 0.202 e. The van der Waals surface area contributed by atoms with Gasteiger partial charge in [0.25, 0.3) is 0 Å². The molecule has 1 unspecified atom stereocenters. The highest BCUT2D eigenvalue weighted by atomic mass is 35.5. The van der Waals surface area contributed by atoms with Crippen molar-refractivity contribution in [2.75, 3.05) is 13.1 Å². The molecular weight excluding hydrogens is 198 g/mol. The van der Waals surface area contributed by atoms with Gasteiger partial charge in [-0.3, -0.25) is 0 Å². The molecule has 1 fully saturated rings. The van der Waals surface area contributed by atoms with E-state index < -0.39 is 0 Å². The van der Waals surface area contributed by atoms with Crippen LogP contribution in [-0.2, 0) is 6.54 Å². The Balaban J connectivity index is 1.79. The topological polar surface area (TPSA) is 29.9 Å². The third-order valence-electron chi connectivity index (χ3n) is 2.84. The second kappa shape index (κ2) is 4.80. The smallest absolute Gasteiger partial charge is 0.202 e. The summed E-state index contributed by atoms with van der Waals surface area (Å²) in [6.45, 7) is 3.33. The van der Waals surface area contributed by atoms with Gasteiger partial charge in [-0.2, -0.15) is 0 Å². The van der Waals surface area contributed by atoms with Crippen LogP contribution in [0.25, 0.3) is 0 Å². The maximum absolute atomic E-state index is 5.89. The SMILES string of the molecule is Clc1nccn1CCC1CCCNC1. The van der Waals surface area contributed by atoms with E-state index in [-0.39, 0.29) is 0 Å². The highest BCUT2D eigenvalue weighted by Gasteiger charge is 2.12. The zero-order valence-corrected chi connectivity index (χ0v) is 9.00. The molecule has 0 saturated carbocycles. The van der Waals surface area contributed by atoms with Crippen LogP contribution in [0.3, 0.4) is 0 Å². The van der Waals surface area contributed by atoms with E-state index in [4.69, 9.17) is 11.6 Å². The first-order chi connectivity index (χ1) is 6.86. The van der Waals surface area contributed by atoms with Gasteiger partial charge in [0.05, 0.1) is 0 Å². The third kappa shape index (κ3) is 2.49. The Hall–Kier alpha value is -0.540. The molecule has 4 heteroatoms. The van der Waals surface area contributed by atoms with E-state index in [1.807, 2.05) is 10.8 Å². The number of nitrogens with one attached hydrogen (secondary N) is 1. The van der Waals surface area contributed by atoms with Crippen LogP contribution in [0, 0.1) is 5.92 Å². The van der Waals surface area contributed by atoms with Crippen molar-refractivity contribution in [2.45, 2.75) is 25.8 Å². The first-order valence-corrected chi connectivity index (χ1v) is 5.61. The van der Waals surface area contributed by atoms with Crippen LogP contribution in [-0.4, -0.2) is 22.6 Å². The molecule has 1 N–H and O–H groups in total. The number of piperidine rings is 1. The fraction of sp³-hybridized carbons (Fsp3) is 0.700. The van der Waals surface area contributed by atoms with Crippen molar-refractivity contribution in [3.8, 4) is 0 Å². The minimum Gasteiger partial charge on any atom is -0.322 e. The largest absolute Gasteiger partial charge is 0.322 e. The lowest BCUT2D eigenvalue weighted by atomic mass is 9.96. The summed E-state index contributed by atoms with van der Waals surface area (Å²) >= 11 is 5.89. The third-order valence-corrected chi connectivity index (χ3v) is 3.16. The molecule has 1 atom stereocenters. The zero-order valence-electron chi connectivity index (χ0n) is 8.25. The van der Waals surface area contributed by atoms with Gasteiger partial charge in [-0.05, 0) is 49.9 Å². The van der Waals surface area contributed by atoms with E-state index in [0.29, 0.717) is 5.28 Å². The summed E-state index contributed by atoms with van der Waals surface area (Å²) in [7, 11) is 0. The van der Waals surface area contributed by atoms with Crippen molar-refractivity contribution >= 4 is 11.6 Å². The number of hydrogen-bond acceptors (Lipinski definition) is 2. The van der Waals surface area contributed by atoms with Crippen molar-refractivity contribution in [1.29, 1.82) is 0 Å². The van der Waals surface area contributed by atoms with Gasteiger partial charge in [0, 0.05) is 18.9 Å². The molecule has 0 spiro atoms. The van der Waals surface area contributed by atoms with Gasteiger partial charge in [0.2, 0.25) is 5.28 Å². The van der Waals surface area contributed by atoms with Gasteiger partial charge in [-0.15, -0.1) is 0 Å². The van der Waals surface area contributed by atoms with E-state index in [1.165, 1.54) is 25.8 Å². The van der Waals surface area contributed by atoms with Crippen molar-refractivity contribution < 1.29 is 0 Å². The van der Waals surface area contributed by atoms with Crippen molar-refractivity contribution in [2.24, 2.45) is 5.92 Å². The number of hydrogen-bond donors (Lipinski definition) is 1. The molecule has 14 heavy (non-hydrogen) atoms. The molecule has 1 aliphatic heterocycles. The van der Waals surface area contributed by atoms with Gasteiger partial charge in [0.15, 0.2) is 0 Å². The molecule has 1 saturated heterocycles. The Morgan fingerprint density at radius 3 is 3.21 bits per heavy atom. The van der Waals surface area contributed by atoms with Crippen LogP contribution in [0.1, 0.15) is 19.3 Å². The predicted octanol–water partition coefficient (Wildman–Crippen LogP) is 1.93. The number of halogens is 1.